The minimum absolute atomic E-state index is 0.0410. The Kier molecular flexibility index (Phi) is 3.93. The molecule has 0 aliphatic carbocycles. The number of nitro groups is 1. The average Bonchev–Trinajstić information content (AvgIpc) is 2.13. The highest BCUT2D eigenvalue weighted by atomic mass is 35.5. The molecule has 17 heavy (non-hydrogen) atoms. The fraction of sp³-hybridized carbons (Fsp3) is 0.545. The van der Waals surface area contributed by atoms with Crippen molar-refractivity contribution >= 4 is 23.1 Å². The van der Waals surface area contributed by atoms with E-state index >= 15 is 0 Å². The van der Waals surface area contributed by atoms with Crippen LogP contribution in [0.4, 0.5) is 11.5 Å². The Balaban J connectivity index is 3.01. The molecule has 0 aliphatic heterocycles. The van der Waals surface area contributed by atoms with Crippen LogP contribution in [0.25, 0.3) is 0 Å². The molecule has 94 valence electrons. The lowest BCUT2D eigenvalue weighted by atomic mass is 9.96. The summed E-state index contributed by atoms with van der Waals surface area (Å²) >= 11 is 5.77. The van der Waals surface area contributed by atoms with E-state index in [9.17, 15) is 10.1 Å². The van der Waals surface area contributed by atoms with Gasteiger partial charge in [-0.15, -0.1) is 0 Å². The average molecular weight is 258 g/mol. The van der Waals surface area contributed by atoms with Crippen LogP contribution in [0.2, 0.25) is 5.15 Å². The summed E-state index contributed by atoms with van der Waals surface area (Å²) in [5, 5.41) is 10.8. The van der Waals surface area contributed by atoms with E-state index in [-0.39, 0.29) is 16.3 Å². The zero-order valence-electron chi connectivity index (χ0n) is 10.4. The standard InChI is InChI=1S/C11H16ClN3O2/c1-11(2,3)7-14(4)10-6-8(15(16)17)5-9(12)13-10/h5-6H,7H2,1-4H3. The summed E-state index contributed by atoms with van der Waals surface area (Å²) in [5.74, 6) is 0.513. The van der Waals surface area contributed by atoms with Crippen molar-refractivity contribution in [3.05, 3.63) is 27.4 Å². The fourth-order valence-corrected chi connectivity index (χ4v) is 1.76. The summed E-state index contributed by atoms with van der Waals surface area (Å²) in [6, 6.07) is 2.67. The molecule has 6 heteroatoms. The largest absolute Gasteiger partial charge is 0.359 e. The van der Waals surface area contributed by atoms with Crippen LogP contribution in [-0.2, 0) is 0 Å². The maximum atomic E-state index is 10.7. The first-order valence-electron chi connectivity index (χ1n) is 5.22. The second kappa shape index (κ2) is 4.87. The first-order chi connectivity index (χ1) is 7.69. The first kappa shape index (κ1) is 13.7. The number of aromatic nitrogens is 1. The van der Waals surface area contributed by atoms with E-state index in [0.29, 0.717) is 5.82 Å². The van der Waals surface area contributed by atoms with Crippen LogP contribution in [0.1, 0.15) is 20.8 Å². The Morgan fingerprint density at radius 2 is 2.06 bits per heavy atom. The fourth-order valence-electron chi connectivity index (χ4n) is 1.56. The lowest BCUT2D eigenvalue weighted by molar-refractivity contribution is -0.384. The van der Waals surface area contributed by atoms with Crippen molar-refractivity contribution in [2.45, 2.75) is 20.8 Å². The molecule has 1 heterocycles. The highest BCUT2D eigenvalue weighted by Crippen LogP contribution is 2.25. The lowest BCUT2D eigenvalue weighted by Gasteiger charge is -2.27. The number of anilines is 1. The van der Waals surface area contributed by atoms with Crippen LogP contribution < -0.4 is 4.90 Å². The first-order valence-corrected chi connectivity index (χ1v) is 5.60. The van der Waals surface area contributed by atoms with Crippen LogP contribution in [0.5, 0.6) is 0 Å². The van der Waals surface area contributed by atoms with Crippen molar-refractivity contribution in [1.29, 1.82) is 0 Å². The zero-order valence-corrected chi connectivity index (χ0v) is 11.2. The zero-order chi connectivity index (χ0) is 13.2. The van der Waals surface area contributed by atoms with Gasteiger partial charge in [0.25, 0.3) is 5.69 Å². The number of halogens is 1. The van der Waals surface area contributed by atoms with Crippen molar-refractivity contribution in [3.63, 3.8) is 0 Å². The second-order valence-electron chi connectivity index (χ2n) is 5.18. The number of nitrogens with zero attached hydrogens (tertiary/aromatic N) is 3. The van der Waals surface area contributed by atoms with E-state index < -0.39 is 4.92 Å². The van der Waals surface area contributed by atoms with E-state index in [0.717, 1.165) is 6.54 Å². The molecule has 0 saturated carbocycles. The molecule has 1 aromatic heterocycles. The van der Waals surface area contributed by atoms with Gasteiger partial charge in [-0.25, -0.2) is 4.98 Å². The van der Waals surface area contributed by atoms with E-state index in [1.807, 2.05) is 11.9 Å². The highest BCUT2D eigenvalue weighted by Gasteiger charge is 2.17. The monoisotopic (exact) mass is 257 g/mol. The van der Waals surface area contributed by atoms with Crippen LogP contribution in [0.15, 0.2) is 12.1 Å². The summed E-state index contributed by atoms with van der Waals surface area (Å²) in [6.07, 6.45) is 0. The van der Waals surface area contributed by atoms with Gasteiger partial charge in [-0.2, -0.15) is 0 Å². The third kappa shape index (κ3) is 4.19. The molecule has 0 fully saturated rings. The normalized spacial score (nSPS) is 11.4. The van der Waals surface area contributed by atoms with Gasteiger partial charge in [0.15, 0.2) is 0 Å². The Morgan fingerprint density at radius 1 is 1.47 bits per heavy atom. The Bertz CT molecular complexity index is 429. The molecule has 1 rings (SSSR count). The van der Waals surface area contributed by atoms with E-state index in [2.05, 4.69) is 25.8 Å². The van der Waals surface area contributed by atoms with Gasteiger partial charge in [-0.3, -0.25) is 10.1 Å². The predicted octanol–water partition coefficient (Wildman–Crippen LogP) is 3.13. The minimum Gasteiger partial charge on any atom is -0.359 e. The SMILES string of the molecule is CN(CC(C)(C)C)c1cc([N+](=O)[O-])cc(Cl)n1. The summed E-state index contributed by atoms with van der Waals surface area (Å²) in [7, 11) is 1.84. The van der Waals surface area contributed by atoms with E-state index in [1.165, 1.54) is 12.1 Å². The molecule has 0 unspecified atom stereocenters. The second-order valence-corrected chi connectivity index (χ2v) is 5.57. The molecular formula is C11H16ClN3O2. The van der Waals surface area contributed by atoms with Crippen LogP contribution in [0.3, 0.4) is 0 Å². The molecule has 0 atom stereocenters. The van der Waals surface area contributed by atoms with Gasteiger partial charge in [-0.05, 0) is 5.41 Å². The maximum Gasteiger partial charge on any atom is 0.276 e. The summed E-state index contributed by atoms with van der Waals surface area (Å²) in [4.78, 5) is 16.2. The van der Waals surface area contributed by atoms with Crippen molar-refractivity contribution in [3.8, 4) is 0 Å². The third-order valence-electron chi connectivity index (χ3n) is 2.08. The molecule has 0 N–H and O–H groups in total. The highest BCUT2D eigenvalue weighted by molar-refractivity contribution is 6.29. The molecule has 5 nitrogen and oxygen atoms in total. The van der Waals surface area contributed by atoms with Crippen molar-refractivity contribution in [2.24, 2.45) is 5.41 Å². The Morgan fingerprint density at radius 3 is 2.53 bits per heavy atom. The van der Waals surface area contributed by atoms with Crippen LogP contribution in [-0.4, -0.2) is 23.5 Å². The molecule has 0 radical (unpaired) electrons. The van der Waals surface area contributed by atoms with E-state index in [1.54, 1.807) is 0 Å². The third-order valence-corrected chi connectivity index (χ3v) is 2.27. The predicted molar refractivity (Wildman–Crippen MR) is 68.6 cm³/mol. The van der Waals surface area contributed by atoms with Crippen LogP contribution >= 0.6 is 11.6 Å². The molecule has 0 amide bonds. The lowest BCUT2D eigenvalue weighted by Crippen LogP contribution is -2.29. The maximum absolute atomic E-state index is 10.7. The number of rotatable bonds is 3. The topological polar surface area (TPSA) is 59.3 Å². The van der Waals surface area contributed by atoms with Gasteiger partial charge in [0.2, 0.25) is 0 Å². The number of hydrogen-bond donors (Lipinski definition) is 0. The van der Waals surface area contributed by atoms with Gasteiger partial charge < -0.3 is 4.90 Å². The van der Waals surface area contributed by atoms with E-state index in [4.69, 9.17) is 11.6 Å². The van der Waals surface area contributed by atoms with Crippen molar-refractivity contribution in [2.75, 3.05) is 18.5 Å². The molecule has 0 aliphatic rings. The Labute approximate surface area is 106 Å². The molecule has 0 aromatic carbocycles. The van der Waals surface area contributed by atoms with Gasteiger partial charge >= 0.3 is 0 Å². The minimum atomic E-state index is -0.470. The molecular weight excluding hydrogens is 242 g/mol. The summed E-state index contributed by atoms with van der Waals surface area (Å²) < 4.78 is 0. The van der Waals surface area contributed by atoms with Crippen molar-refractivity contribution in [1.82, 2.24) is 4.98 Å². The summed E-state index contributed by atoms with van der Waals surface area (Å²) in [6.45, 7) is 6.99. The van der Waals surface area contributed by atoms with Gasteiger partial charge in [-0.1, -0.05) is 32.4 Å². The molecule has 0 spiro atoms. The van der Waals surface area contributed by atoms with Crippen molar-refractivity contribution < 1.29 is 4.92 Å². The van der Waals surface area contributed by atoms with Gasteiger partial charge in [0.05, 0.1) is 17.1 Å². The molecule has 0 saturated heterocycles. The number of hydrogen-bond acceptors (Lipinski definition) is 4. The Hall–Kier alpha value is -1.36. The van der Waals surface area contributed by atoms with Gasteiger partial charge in [0, 0.05) is 13.6 Å². The number of pyridine rings is 1. The summed E-state index contributed by atoms with van der Waals surface area (Å²) in [5.41, 5.74) is 0.0359. The molecule has 1 aromatic rings. The quantitative estimate of drug-likeness (QED) is 0.474. The van der Waals surface area contributed by atoms with Gasteiger partial charge in [0.1, 0.15) is 11.0 Å². The molecule has 0 bridgehead atoms. The smallest absolute Gasteiger partial charge is 0.276 e. The van der Waals surface area contributed by atoms with Crippen LogP contribution in [0, 0.1) is 15.5 Å².